The van der Waals surface area contributed by atoms with E-state index in [1.807, 2.05) is 86.7 Å². The monoisotopic (exact) mass is 460 g/mol. The minimum atomic E-state index is -0.194. The number of phenolic OH excluding ortho intramolecular Hbond substituents is 1. The predicted molar refractivity (Wildman–Crippen MR) is 142 cm³/mol. The van der Waals surface area contributed by atoms with Crippen LogP contribution in [0.25, 0.3) is 45.2 Å². The van der Waals surface area contributed by atoms with E-state index in [2.05, 4.69) is 16.8 Å². The molecule has 0 saturated heterocycles. The minimum Gasteiger partial charge on any atom is -0.508 e. The van der Waals surface area contributed by atoms with Crippen LogP contribution in [0.4, 0.5) is 5.69 Å². The number of aliphatic imine (C=N–C) groups is 1. The number of fused-ring (bicyclic) bond motifs is 1. The number of H-pyrrole nitrogens is 1. The third-order valence-corrected chi connectivity index (χ3v) is 6.01. The van der Waals surface area contributed by atoms with Crippen molar-refractivity contribution in [2.24, 2.45) is 4.99 Å². The van der Waals surface area contributed by atoms with E-state index >= 15 is 0 Å². The van der Waals surface area contributed by atoms with Gasteiger partial charge in [-0.3, -0.25) is 14.9 Å². The normalized spacial score (nSPS) is 11.4. The summed E-state index contributed by atoms with van der Waals surface area (Å²) in [5.74, 6) is 0.175. The second-order valence-corrected chi connectivity index (χ2v) is 8.24. The molecule has 2 heterocycles. The van der Waals surface area contributed by atoms with Gasteiger partial charge < -0.3 is 5.11 Å². The molecule has 6 nitrogen and oxygen atoms in total. The van der Waals surface area contributed by atoms with Gasteiger partial charge in [0, 0.05) is 11.1 Å². The molecule has 0 unspecified atom stereocenters. The van der Waals surface area contributed by atoms with E-state index in [-0.39, 0.29) is 11.3 Å². The Morgan fingerprint density at radius 3 is 2.37 bits per heavy atom. The maximum absolute atomic E-state index is 13.9. The first kappa shape index (κ1) is 22.1. The number of nitrogens with one attached hydrogen (secondary N) is 1. The van der Waals surface area contributed by atoms with Crippen LogP contribution in [-0.4, -0.2) is 26.4 Å². The van der Waals surface area contributed by atoms with E-state index in [1.165, 1.54) is 4.52 Å². The van der Waals surface area contributed by atoms with Crippen molar-refractivity contribution in [1.82, 2.24) is 14.6 Å². The fraction of sp³-hybridized carbons (Fsp3) is 0.0690. The predicted octanol–water partition coefficient (Wildman–Crippen LogP) is 6.40. The summed E-state index contributed by atoms with van der Waals surface area (Å²) in [5, 5.41) is 13.1. The van der Waals surface area contributed by atoms with Gasteiger partial charge in [-0.25, -0.2) is 4.98 Å². The van der Waals surface area contributed by atoms with Crippen LogP contribution in [0.1, 0.15) is 18.2 Å². The number of aromatic amines is 1. The molecule has 0 aliphatic carbocycles. The standard InChI is InChI=1S/C29H24N4O2/c1-4-8-21-17-22(13-16-24(21)30-3)25-18(2)31-28-26(19-9-6-5-7-10-19)27(32-33(28)29(25)35)20-11-14-23(34)15-12-20/h4-17,32,34H,3H2,1-2H3/b8-4-. The third-order valence-electron chi connectivity index (χ3n) is 6.01. The number of aromatic hydroxyl groups is 1. The molecule has 2 aromatic heterocycles. The van der Waals surface area contributed by atoms with E-state index < -0.39 is 0 Å². The van der Waals surface area contributed by atoms with Gasteiger partial charge in [0.25, 0.3) is 5.56 Å². The first-order valence-corrected chi connectivity index (χ1v) is 11.3. The fourth-order valence-electron chi connectivity index (χ4n) is 4.39. The highest BCUT2D eigenvalue weighted by Gasteiger charge is 2.21. The molecular weight excluding hydrogens is 436 g/mol. The van der Waals surface area contributed by atoms with E-state index in [0.29, 0.717) is 16.9 Å². The molecule has 6 heteroatoms. The molecule has 5 rings (SSSR count). The molecule has 0 bridgehead atoms. The Balaban J connectivity index is 1.81. The Hall–Kier alpha value is -4.71. The Labute approximate surface area is 202 Å². The van der Waals surface area contributed by atoms with Crippen molar-refractivity contribution in [3.05, 3.63) is 100 Å². The van der Waals surface area contributed by atoms with Crippen molar-refractivity contribution in [2.45, 2.75) is 13.8 Å². The zero-order chi connectivity index (χ0) is 24.5. The number of aromatic nitrogens is 3. The van der Waals surface area contributed by atoms with Crippen molar-refractivity contribution in [1.29, 1.82) is 0 Å². The second kappa shape index (κ2) is 8.91. The summed E-state index contributed by atoms with van der Waals surface area (Å²) < 4.78 is 1.50. The van der Waals surface area contributed by atoms with E-state index in [4.69, 9.17) is 4.98 Å². The number of rotatable bonds is 5. The number of nitrogens with zero attached hydrogens (tertiary/aromatic N) is 3. The minimum absolute atomic E-state index is 0.175. The molecule has 0 aliphatic rings. The van der Waals surface area contributed by atoms with Gasteiger partial charge in [0.15, 0.2) is 5.65 Å². The van der Waals surface area contributed by atoms with Gasteiger partial charge in [0.05, 0.1) is 28.2 Å². The smallest absolute Gasteiger partial charge is 0.280 e. The van der Waals surface area contributed by atoms with Gasteiger partial charge >= 0.3 is 0 Å². The van der Waals surface area contributed by atoms with Crippen LogP contribution in [-0.2, 0) is 0 Å². The first-order valence-electron chi connectivity index (χ1n) is 11.3. The summed E-state index contributed by atoms with van der Waals surface area (Å²) >= 11 is 0. The van der Waals surface area contributed by atoms with E-state index in [9.17, 15) is 9.90 Å². The molecule has 0 radical (unpaired) electrons. The Kier molecular flexibility index (Phi) is 5.63. The fourth-order valence-corrected chi connectivity index (χ4v) is 4.39. The molecular formula is C29H24N4O2. The number of allylic oxidation sites excluding steroid dienone is 1. The van der Waals surface area contributed by atoms with Crippen LogP contribution in [0.5, 0.6) is 5.75 Å². The van der Waals surface area contributed by atoms with Crippen molar-refractivity contribution < 1.29 is 5.11 Å². The zero-order valence-electron chi connectivity index (χ0n) is 19.5. The van der Waals surface area contributed by atoms with Gasteiger partial charge in [0.2, 0.25) is 0 Å². The highest BCUT2D eigenvalue weighted by atomic mass is 16.3. The molecule has 0 saturated carbocycles. The summed E-state index contributed by atoms with van der Waals surface area (Å²) in [4.78, 5) is 22.8. The quantitative estimate of drug-likeness (QED) is 0.298. The summed E-state index contributed by atoms with van der Waals surface area (Å²) in [5.41, 5.74) is 7.23. The van der Waals surface area contributed by atoms with E-state index in [0.717, 1.165) is 39.2 Å². The van der Waals surface area contributed by atoms with Crippen LogP contribution in [0.15, 0.2) is 88.7 Å². The topological polar surface area (TPSA) is 82.8 Å². The van der Waals surface area contributed by atoms with Gasteiger partial charge in [-0.15, -0.1) is 0 Å². The van der Waals surface area contributed by atoms with Crippen LogP contribution >= 0.6 is 0 Å². The first-order chi connectivity index (χ1) is 17.0. The lowest BCUT2D eigenvalue weighted by molar-refractivity contribution is 0.475. The molecule has 0 fully saturated rings. The number of aryl methyl sites for hydroxylation is 1. The summed E-state index contributed by atoms with van der Waals surface area (Å²) in [6.45, 7) is 7.43. The maximum atomic E-state index is 13.9. The van der Waals surface area contributed by atoms with Crippen molar-refractivity contribution in [2.75, 3.05) is 0 Å². The molecule has 0 aliphatic heterocycles. The van der Waals surface area contributed by atoms with Gasteiger partial charge in [-0.2, -0.15) is 4.52 Å². The highest BCUT2D eigenvalue weighted by Crippen LogP contribution is 2.35. The van der Waals surface area contributed by atoms with Crippen LogP contribution < -0.4 is 5.56 Å². The van der Waals surface area contributed by atoms with Crippen LogP contribution in [0, 0.1) is 6.92 Å². The summed E-state index contributed by atoms with van der Waals surface area (Å²) in [7, 11) is 0. The SMILES string of the molecule is C=Nc1ccc(-c2c(C)nc3c(-c4ccccc4)c(-c4ccc(O)cc4)[nH]n3c2=O)cc1/C=C\C. The molecule has 0 amide bonds. The lowest BCUT2D eigenvalue weighted by Crippen LogP contribution is -2.19. The molecule has 35 heavy (non-hydrogen) atoms. The molecule has 5 aromatic rings. The Morgan fingerprint density at radius 1 is 0.971 bits per heavy atom. The number of benzene rings is 3. The Morgan fingerprint density at radius 2 is 1.69 bits per heavy atom. The average Bonchev–Trinajstić information content (AvgIpc) is 3.25. The number of hydrogen-bond acceptors (Lipinski definition) is 4. The number of phenols is 1. The zero-order valence-corrected chi connectivity index (χ0v) is 19.5. The summed E-state index contributed by atoms with van der Waals surface area (Å²) in [6, 6.07) is 22.4. The highest BCUT2D eigenvalue weighted by molar-refractivity contribution is 5.91. The molecule has 3 aromatic carbocycles. The lowest BCUT2D eigenvalue weighted by Gasteiger charge is -2.09. The van der Waals surface area contributed by atoms with Gasteiger partial charge in [-0.05, 0) is 68.1 Å². The number of hydrogen-bond donors (Lipinski definition) is 2. The average molecular weight is 461 g/mol. The van der Waals surface area contributed by atoms with Crippen LogP contribution in [0.3, 0.4) is 0 Å². The van der Waals surface area contributed by atoms with Gasteiger partial charge in [-0.1, -0.05) is 48.6 Å². The largest absolute Gasteiger partial charge is 0.508 e. The second-order valence-electron chi connectivity index (χ2n) is 8.24. The lowest BCUT2D eigenvalue weighted by atomic mass is 10.00. The molecule has 0 spiro atoms. The molecule has 172 valence electrons. The maximum Gasteiger partial charge on any atom is 0.280 e. The third kappa shape index (κ3) is 3.85. The van der Waals surface area contributed by atoms with E-state index in [1.54, 1.807) is 12.1 Å². The molecule has 2 N–H and O–H groups in total. The molecule has 0 atom stereocenters. The van der Waals surface area contributed by atoms with Crippen LogP contribution in [0.2, 0.25) is 0 Å². The van der Waals surface area contributed by atoms with Crippen molar-refractivity contribution in [3.8, 4) is 39.3 Å². The Bertz CT molecular complexity index is 1640. The van der Waals surface area contributed by atoms with Gasteiger partial charge in [0.1, 0.15) is 5.75 Å². The van der Waals surface area contributed by atoms with Crippen molar-refractivity contribution >= 4 is 24.1 Å². The van der Waals surface area contributed by atoms with Crippen molar-refractivity contribution in [3.63, 3.8) is 0 Å². The summed E-state index contributed by atoms with van der Waals surface area (Å²) in [6.07, 6.45) is 3.87.